The van der Waals surface area contributed by atoms with Gasteiger partial charge in [0.1, 0.15) is 5.01 Å². The summed E-state index contributed by atoms with van der Waals surface area (Å²) in [5.41, 5.74) is 2.69. The third-order valence-corrected chi connectivity index (χ3v) is 6.22. The normalized spacial score (nSPS) is 11.1. The van der Waals surface area contributed by atoms with E-state index in [9.17, 15) is 4.79 Å². The Morgan fingerprint density at radius 3 is 2.67 bits per heavy atom. The molecular weight excluding hydrogens is 439 g/mol. The monoisotopic (exact) mass is 462 g/mol. The van der Waals surface area contributed by atoms with Crippen LogP contribution in [0.15, 0.2) is 48.1 Å². The van der Waals surface area contributed by atoms with E-state index in [0.29, 0.717) is 23.1 Å². The van der Waals surface area contributed by atoms with E-state index in [1.54, 1.807) is 18.5 Å². The van der Waals surface area contributed by atoms with Crippen LogP contribution in [0.4, 0.5) is 0 Å². The highest BCUT2D eigenvalue weighted by Gasteiger charge is 2.17. The number of rotatable bonds is 9. The Bertz CT molecular complexity index is 978. The summed E-state index contributed by atoms with van der Waals surface area (Å²) in [6, 6.07) is 9.34. The fraction of sp³-hybridized carbons (Fsp3) is 0.318. The van der Waals surface area contributed by atoms with Crippen LogP contribution in [0.5, 0.6) is 0 Å². The number of hydrogen-bond donors (Lipinski definition) is 0. The number of thiazole rings is 1. The second kappa shape index (κ2) is 10.9. The zero-order chi connectivity index (χ0) is 21.5. The van der Waals surface area contributed by atoms with Gasteiger partial charge in [0.2, 0.25) is 5.91 Å². The molecule has 2 heterocycles. The number of carbonyl (C=O) groups excluding carboxylic acids is 1. The van der Waals surface area contributed by atoms with Gasteiger partial charge in [0.25, 0.3) is 0 Å². The Morgan fingerprint density at radius 1 is 1.13 bits per heavy atom. The SMILES string of the molecule is CN(C)CCCN(Cc1ccc(Cl)c(Cl)c1)C(=O)Cc1csc(-c2cccnc2)n1. The van der Waals surface area contributed by atoms with E-state index in [4.69, 9.17) is 23.2 Å². The zero-order valence-corrected chi connectivity index (χ0v) is 19.3. The number of nitrogens with zero attached hydrogens (tertiary/aromatic N) is 4. The standard InChI is InChI=1S/C22H24Cl2N4OS/c1-27(2)9-4-10-28(14-16-6-7-19(23)20(24)11-16)21(29)12-18-15-30-22(26-18)17-5-3-8-25-13-17/h3,5-8,11,13,15H,4,9-10,12,14H2,1-2H3. The molecular formula is C22H24Cl2N4OS. The van der Waals surface area contributed by atoms with Gasteiger partial charge in [-0.05, 0) is 56.9 Å². The smallest absolute Gasteiger partial charge is 0.228 e. The van der Waals surface area contributed by atoms with Crippen molar-refractivity contribution in [1.29, 1.82) is 0 Å². The maximum atomic E-state index is 13.1. The lowest BCUT2D eigenvalue weighted by molar-refractivity contribution is -0.131. The number of halogens is 2. The van der Waals surface area contributed by atoms with Gasteiger partial charge in [-0.2, -0.15) is 0 Å². The van der Waals surface area contributed by atoms with Crippen LogP contribution in [0.25, 0.3) is 10.6 Å². The van der Waals surface area contributed by atoms with E-state index in [2.05, 4.69) is 14.9 Å². The molecule has 0 unspecified atom stereocenters. The summed E-state index contributed by atoms with van der Waals surface area (Å²) in [4.78, 5) is 25.8. The van der Waals surface area contributed by atoms with E-state index >= 15 is 0 Å². The van der Waals surface area contributed by atoms with Gasteiger partial charge >= 0.3 is 0 Å². The van der Waals surface area contributed by atoms with Crippen LogP contribution in [0.3, 0.4) is 0 Å². The molecule has 0 fully saturated rings. The highest BCUT2D eigenvalue weighted by molar-refractivity contribution is 7.13. The van der Waals surface area contributed by atoms with Crippen molar-refractivity contribution in [3.8, 4) is 10.6 Å². The van der Waals surface area contributed by atoms with E-state index in [0.717, 1.165) is 34.8 Å². The number of carbonyl (C=O) groups is 1. The third kappa shape index (κ3) is 6.51. The molecule has 0 saturated carbocycles. The molecule has 0 saturated heterocycles. The molecule has 0 aliphatic heterocycles. The highest BCUT2D eigenvalue weighted by atomic mass is 35.5. The summed E-state index contributed by atoms with van der Waals surface area (Å²) in [6.45, 7) is 2.06. The molecule has 158 valence electrons. The molecule has 3 aromatic rings. The molecule has 0 radical (unpaired) electrons. The highest BCUT2D eigenvalue weighted by Crippen LogP contribution is 2.25. The van der Waals surface area contributed by atoms with Gasteiger partial charge in [0.05, 0.1) is 22.2 Å². The van der Waals surface area contributed by atoms with Gasteiger partial charge in [-0.25, -0.2) is 4.98 Å². The maximum Gasteiger partial charge on any atom is 0.228 e. The molecule has 30 heavy (non-hydrogen) atoms. The molecule has 1 amide bonds. The number of benzene rings is 1. The summed E-state index contributed by atoms with van der Waals surface area (Å²) in [6.07, 6.45) is 4.66. The molecule has 0 bridgehead atoms. The molecule has 2 aromatic heterocycles. The molecule has 1 aromatic carbocycles. The van der Waals surface area contributed by atoms with Crippen molar-refractivity contribution in [2.24, 2.45) is 0 Å². The molecule has 0 aliphatic rings. The van der Waals surface area contributed by atoms with Gasteiger partial charge in [-0.3, -0.25) is 9.78 Å². The third-order valence-electron chi connectivity index (χ3n) is 4.54. The Hall–Kier alpha value is -1.99. The largest absolute Gasteiger partial charge is 0.338 e. The van der Waals surface area contributed by atoms with E-state index < -0.39 is 0 Å². The summed E-state index contributed by atoms with van der Waals surface area (Å²) in [5, 5.41) is 3.82. The van der Waals surface area contributed by atoms with Crippen molar-refractivity contribution in [3.63, 3.8) is 0 Å². The Balaban J connectivity index is 1.70. The van der Waals surface area contributed by atoms with Gasteiger partial charge in [-0.15, -0.1) is 11.3 Å². The average Bonchev–Trinajstić information content (AvgIpc) is 3.19. The predicted octanol–water partition coefficient (Wildman–Crippen LogP) is 5.03. The first-order valence-corrected chi connectivity index (χ1v) is 11.3. The van der Waals surface area contributed by atoms with Gasteiger partial charge in [0, 0.05) is 36.4 Å². The molecule has 0 atom stereocenters. The lowest BCUT2D eigenvalue weighted by atomic mass is 10.2. The van der Waals surface area contributed by atoms with Crippen LogP contribution >= 0.6 is 34.5 Å². The minimum Gasteiger partial charge on any atom is -0.338 e. The lowest BCUT2D eigenvalue weighted by Crippen LogP contribution is -2.34. The fourth-order valence-electron chi connectivity index (χ4n) is 3.00. The van der Waals surface area contributed by atoms with Crippen molar-refractivity contribution in [3.05, 3.63) is 69.4 Å². The van der Waals surface area contributed by atoms with E-state index in [-0.39, 0.29) is 12.3 Å². The number of aromatic nitrogens is 2. The van der Waals surface area contributed by atoms with Crippen LogP contribution in [-0.2, 0) is 17.8 Å². The van der Waals surface area contributed by atoms with Crippen LogP contribution in [0.2, 0.25) is 10.0 Å². The first-order chi connectivity index (χ1) is 14.4. The minimum atomic E-state index is 0.0443. The van der Waals surface area contributed by atoms with Crippen molar-refractivity contribution >= 4 is 40.4 Å². The predicted molar refractivity (Wildman–Crippen MR) is 124 cm³/mol. The fourth-order valence-corrected chi connectivity index (χ4v) is 4.14. The summed E-state index contributed by atoms with van der Waals surface area (Å²) < 4.78 is 0. The van der Waals surface area contributed by atoms with Crippen LogP contribution in [-0.4, -0.2) is 52.9 Å². The van der Waals surface area contributed by atoms with Crippen molar-refractivity contribution in [2.75, 3.05) is 27.2 Å². The summed E-state index contributed by atoms with van der Waals surface area (Å²) in [5.74, 6) is 0.0443. The second-order valence-electron chi connectivity index (χ2n) is 7.28. The van der Waals surface area contributed by atoms with E-state index in [1.165, 1.54) is 11.3 Å². The Morgan fingerprint density at radius 2 is 1.97 bits per heavy atom. The molecule has 0 N–H and O–H groups in total. The maximum absolute atomic E-state index is 13.1. The molecule has 0 aliphatic carbocycles. The molecule has 0 spiro atoms. The Labute approximate surface area is 191 Å². The van der Waals surface area contributed by atoms with E-state index in [1.807, 2.05) is 48.6 Å². The lowest BCUT2D eigenvalue weighted by Gasteiger charge is -2.24. The number of pyridine rings is 1. The van der Waals surface area contributed by atoms with Crippen molar-refractivity contribution in [1.82, 2.24) is 19.8 Å². The molecule has 5 nitrogen and oxygen atoms in total. The van der Waals surface area contributed by atoms with Crippen LogP contribution in [0, 0.1) is 0 Å². The van der Waals surface area contributed by atoms with Crippen molar-refractivity contribution in [2.45, 2.75) is 19.4 Å². The van der Waals surface area contributed by atoms with Crippen molar-refractivity contribution < 1.29 is 4.79 Å². The first kappa shape index (κ1) is 22.7. The van der Waals surface area contributed by atoms with Crippen LogP contribution < -0.4 is 0 Å². The second-order valence-corrected chi connectivity index (χ2v) is 8.96. The molecule has 3 rings (SSSR count). The topological polar surface area (TPSA) is 49.3 Å². The average molecular weight is 463 g/mol. The minimum absolute atomic E-state index is 0.0443. The summed E-state index contributed by atoms with van der Waals surface area (Å²) in [7, 11) is 4.06. The van der Waals surface area contributed by atoms with Crippen LogP contribution in [0.1, 0.15) is 17.7 Å². The van der Waals surface area contributed by atoms with Gasteiger partial charge < -0.3 is 9.80 Å². The zero-order valence-electron chi connectivity index (χ0n) is 17.0. The van der Waals surface area contributed by atoms with Gasteiger partial charge in [-0.1, -0.05) is 29.3 Å². The summed E-state index contributed by atoms with van der Waals surface area (Å²) >= 11 is 13.7. The first-order valence-electron chi connectivity index (χ1n) is 9.63. The molecule has 8 heteroatoms. The quantitative estimate of drug-likeness (QED) is 0.447. The number of hydrogen-bond acceptors (Lipinski definition) is 5. The Kier molecular flexibility index (Phi) is 8.22. The number of amides is 1. The van der Waals surface area contributed by atoms with Gasteiger partial charge in [0.15, 0.2) is 0 Å².